The lowest BCUT2D eigenvalue weighted by atomic mass is 10.2. The number of aromatic nitrogens is 1. The average Bonchev–Trinajstić information content (AvgIpc) is 2.37. The van der Waals surface area contributed by atoms with Crippen LogP contribution in [0.15, 0.2) is 12.3 Å². The largest absolute Gasteiger partial charge is 0.472 e. The predicted octanol–water partition coefficient (Wildman–Crippen LogP) is 2.65. The number of hydrogen-bond donors (Lipinski definition) is 1. The Morgan fingerprint density at radius 3 is 2.89 bits per heavy atom. The standard InChI is InChI=1S/C13H21ClN2O2/c1-4-15-7-11-6-13(16-8-12(11)14)18-10(3)9-17-5-2/h6,8,10,15H,4-5,7,9H2,1-3H3. The van der Waals surface area contributed by atoms with Crippen molar-refractivity contribution in [2.75, 3.05) is 19.8 Å². The van der Waals surface area contributed by atoms with Crippen LogP contribution < -0.4 is 10.1 Å². The second-order valence-corrected chi connectivity index (χ2v) is 4.39. The molecule has 4 nitrogen and oxygen atoms in total. The Morgan fingerprint density at radius 2 is 2.22 bits per heavy atom. The Labute approximate surface area is 114 Å². The van der Waals surface area contributed by atoms with E-state index < -0.39 is 0 Å². The molecule has 0 saturated heterocycles. The maximum absolute atomic E-state index is 6.07. The molecular weight excluding hydrogens is 252 g/mol. The molecule has 1 atom stereocenters. The lowest BCUT2D eigenvalue weighted by Crippen LogP contribution is -2.20. The summed E-state index contributed by atoms with van der Waals surface area (Å²) in [7, 11) is 0. The third-order valence-corrected chi connectivity index (χ3v) is 2.69. The van der Waals surface area contributed by atoms with Gasteiger partial charge < -0.3 is 14.8 Å². The van der Waals surface area contributed by atoms with Crippen LogP contribution in [0.25, 0.3) is 0 Å². The molecule has 0 fully saturated rings. The lowest BCUT2D eigenvalue weighted by molar-refractivity contribution is 0.0633. The second-order valence-electron chi connectivity index (χ2n) is 3.98. The summed E-state index contributed by atoms with van der Waals surface area (Å²) < 4.78 is 11.0. The molecule has 1 unspecified atom stereocenters. The average molecular weight is 273 g/mol. The fraction of sp³-hybridized carbons (Fsp3) is 0.615. The summed E-state index contributed by atoms with van der Waals surface area (Å²) in [6.07, 6.45) is 1.60. The molecule has 1 heterocycles. The number of halogens is 1. The smallest absolute Gasteiger partial charge is 0.213 e. The van der Waals surface area contributed by atoms with Gasteiger partial charge >= 0.3 is 0 Å². The highest BCUT2D eigenvalue weighted by Crippen LogP contribution is 2.19. The quantitative estimate of drug-likeness (QED) is 0.790. The zero-order valence-corrected chi connectivity index (χ0v) is 12.0. The molecule has 0 aromatic carbocycles. The Bertz CT molecular complexity index is 361. The van der Waals surface area contributed by atoms with Crippen LogP contribution in [0.5, 0.6) is 5.88 Å². The van der Waals surface area contributed by atoms with Gasteiger partial charge in [-0.3, -0.25) is 0 Å². The third-order valence-electron chi connectivity index (χ3n) is 2.35. The summed E-state index contributed by atoms with van der Waals surface area (Å²) >= 11 is 6.07. The van der Waals surface area contributed by atoms with Crippen molar-refractivity contribution < 1.29 is 9.47 Å². The first-order valence-corrected chi connectivity index (χ1v) is 6.64. The zero-order chi connectivity index (χ0) is 13.4. The maximum atomic E-state index is 6.07. The van der Waals surface area contributed by atoms with Gasteiger partial charge in [0.1, 0.15) is 6.10 Å². The van der Waals surface area contributed by atoms with E-state index in [9.17, 15) is 0 Å². The van der Waals surface area contributed by atoms with E-state index in [1.807, 2.05) is 19.9 Å². The Balaban J connectivity index is 2.60. The number of rotatable bonds is 8. The minimum Gasteiger partial charge on any atom is -0.472 e. The molecule has 0 aliphatic heterocycles. The highest BCUT2D eigenvalue weighted by atomic mass is 35.5. The van der Waals surface area contributed by atoms with E-state index >= 15 is 0 Å². The van der Waals surface area contributed by atoms with Gasteiger partial charge in [-0.2, -0.15) is 0 Å². The number of pyridine rings is 1. The molecule has 1 N–H and O–H groups in total. The number of ether oxygens (including phenoxy) is 2. The van der Waals surface area contributed by atoms with Crippen molar-refractivity contribution in [2.45, 2.75) is 33.4 Å². The Hall–Kier alpha value is -0.840. The fourth-order valence-corrected chi connectivity index (χ4v) is 1.61. The van der Waals surface area contributed by atoms with Crippen molar-refractivity contribution in [3.63, 3.8) is 0 Å². The van der Waals surface area contributed by atoms with Gasteiger partial charge in [-0.15, -0.1) is 0 Å². The van der Waals surface area contributed by atoms with Crippen LogP contribution >= 0.6 is 11.6 Å². The zero-order valence-electron chi connectivity index (χ0n) is 11.2. The van der Waals surface area contributed by atoms with Crippen molar-refractivity contribution in [2.24, 2.45) is 0 Å². The maximum Gasteiger partial charge on any atom is 0.213 e. The van der Waals surface area contributed by atoms with E-state index in [0.29, 0.717) is 30.7 Å². The number of nitrogens with zero attached hydrogens (tertiary/aromatic N) is 1. The van der Waals surface area contributed by atoms with Crippen molar-refractivity contribution in [3.05, 3.63) is 22.8 Å². The summed E-state index contributed by atoms with van der Waals surface area (Å²) in [4.78, 5) is 4.16. The first kappa shape index (κ1) is 15.2. The molecule has 0 saturated carbocycles. The van der Waals surface area contributed by atoms with Crippen LogP contribution in [0.1, 0.15) is 26.3 Å². The van der Waals surface area contributed by atoms with E-state index in [1.54, 1.807) is 6.20 Å². The van der Waals surface area contributed by atoms with Gasteiger partial charge in [0.2, 0.25) is 5.88 Å². The Kier molecular flexibility index (Phi) is 7.01. The molecule has 1 rings (SSSR count). The summed E-state index contributed by atoms with van der Waals surface area (Å²) in [5.41, 5.74) is 0.993. The molecule has 0 bridgehead atoms. The van der Waals surface area contributed by atoms with Crippen molar-refractivity contribution in [1.29, 1.82) is 0 Å². The van der Waals surface area contributed by atoms with Gasteiger partial charge in [0.25, 0.3) is 0 Å². The van der Waals surface area contributed by atoms with Crippen LogP contribution in [0.3, 0.4) is 0 Å². The molecule has 0 aliphatic carbocycles. The summed E-state index contributed by atoms with van der Waals surface area (Å²) in [6.45, 7) is 8.83. The van der Waals surface area contributed by atoms with Gasteiger partial charge in [-0.25, -0.2) is 4.98 Å². The third kappa shape index (κ3) is 5.21. The summed E-state index contributed by atoms with van der Waals surface area (Å²) in [6, 6.07) is 1.87. The van der Waals surface area contributed by atoms with E-state index in [4.69, 9.17) is 21.1 Å². The minimum absolute atomic E-state index is 0.0226. The Morgan fingerprint density at radius 1 is 1.44 bits per heavy atom. The first-order chi connectivity index (χ1) is 8.67. The normalized spacial score (nSPS) is 12.4. The highest BCUT2D eigenvalue weighted by molar-refractivity contribution is 6.31. The van der Waals surface area contributed by atoms with E-state index in [1.165, 1.54) is 0 Å². The highest BCUT2D eigenvalue weighted by Gasteiger charge is 2.08. The number of nitrogens with one attached hydrogen (secondary N) is 1. The SMILES string of the molecule is CCNCc1cc(OC(C)COCC)ncc1Cl. The van der Waals surface area contributed by atoms with Gasteiger partial charge in [-0.05, 0) is 26.0 Å². The second kappa shape index (κ2) is 8.29. The molecule has 0 aliphatic rings. The van der Waals surface area contributed by atoms with Gasteiger partial charge in [0, 0.05) is 25.4 Å². The van der Waals surface area contributed by atoms with E-state index in [-0.39, 0.29) is 6.10 Å². The first-order valence-electron chi connectivity index (χ1n) is 6.26. The van der Waals surface area contributed by atoms with E-state index in [0.717, 1.165) is 12.1 Å². The predicted molar refractivity (Wildman–Crippen MR) is 73.2 cm³/mol. The molecular formula is C13H21ClN2O2. The molecule has 0 radical (unpaired) electrons. The van der Waals surface area contributed by atoms with E-state index in [2.05, 4.69) is 17.2 Å². The lowest BCUT2D eigenvalue weighted by Gasteiger charge is -2.14. The molecule has 5 heteroatoms. The van der Waals surface area contributed by atoms with Crippen molar-refractivity contribution in [1.82, 2.24) is 10.3 Å². The van der Waals surface area contributed by atoms with Crippen LogP contribution in [0.2, 0.25) is 5.02 Å². The molecule has 0 amide bonds. The number of hydrogen-bond acceptors (Lipinski definition) is 4. The van der Waals surface area contributed by atoms with Crippen LogP contribution in [-0.2, 0) is 11.3 Å². The summed E-state index contributed by atoms with van der Waals surface area (Å²) in [5, 5.41) is 3.88. The van der Waals surface area contributed by atoms with Gasteiger partial charge in [0.15, 0.2) is 0 Å². The van der Waals surface area contributed by atoms with Crippen molar-refractivity contribution in [3.8, 4) is 5.88 Å². The monoisotopic (exact) mass is 272 g/mol. The fourth-order valence-electron chi connectivity index (χ4n) is 1.44. The molecule has 1 aromatic heterocycles. The molecule has 1 aromatic rings. The molecule has 0 spiro atoms. The molecule has 18 heavy (non-hydrogen) atoms. The van der Waals surface area contributed by atoms with Crippen LogP contribution in [0.4, 0.5) is 0 Å². The van der Waals surface area contributed by atoms with Crippen LogP contribution in [-0.4, -0.2) is 30.8 Å². The van der Waals surface area contributed by atoms with Crippen molar-refractivity contribution >= 4 is 11.6 Å². The molecule has 102 valence electrons. The topological polar surface area (TPSA) is 43.4 Å². The van der Waals surface area contributed by atoms with Gasteiger partial charge in [-0.1, -0.05) is 18.5 Å². The van der Waals surface area contributed by atoms with Crippen LogP contribution in [0, 0.1) is 0 Å². The van der Waals surface area contributed by atoms with Gasteiger partial charge in [0.05, 0.1) is 11.6 Å². The summed E-state index contributed by atoms with van der Waals surface area (Å²) in [5.74, 6) is 0.583. The minimum atomic E-state index is -0.0226.